The maximum Gasteiger partial charge on any atom is 0.264 e. The molecule has 5 nitrogen and oxygen atoms in total. The Bertz CT molecular complexity index is 225. The van der Waals surface area contributed by atoms with Gasteiger partial charge in [-0.2, -0.15) is 8.42 Å². The molecule has 0 rings (SSSR count). The lowest BCUT2D eigenvalue weighted by atomic mass is 10.5. The number of hydrogen-bond donors (Lipinski definition) is 0. The molecule has 0 amide bonds. The summed E-state index contributed by atoms with van der Waals surface area (Å²) >= 11 is 0. The minimum atomic E-state index is -3.33. The maximum atomic E-state index is 10.5. The molecular formula is C9H20O5S. The van der Waals surface area contributed by atoms with Crippen LogP contribution in [0.15, 0.2) is 0 Å². The van der Waals surface area contributed by atoms with E-state index in [4.69, 9.17) is 9.47 Å². The zero-order chi connectivity index (χ0) is 11.6. The van der Waals surface area contributed by atoms with Gasteiger partial charge in [-0.3, -0.25) is 4.18 Å². The van der Waals surface area contributed by atoms with E-state index in [-0.39, 0.29) is 6.61 Å². The minimum Gasteiger partial charge on any atom is -0.381 e. The van der Waals surface area contributed by atoms with Crippen molar-refractivity contribution in [3.63, 3.8) is 0 Å². The molecule has 0 aromatic rings. The predicted molar refractivity (Wildman–Crippen MR) is 57.3 cm³/mol. The van der Waals surface area contributed by atoms with E-state index in [0.29, 0.717) is 19.8 Å². The first-order valence-electron chi connectivity index (χ1n) is 5.06. The molecule has 0 spiro atoms. The molecule has 0 saturated carbocycles. The van der Waals surface area contributed by atoms with Crippen molar-refractivity contribution >= 4 is 10.1 Å². The summed E-state index contributed by atoms with van der Waals surface area (Å²) in [6.07, 6.45) is 2.85. The Hall–Kier alpha value is -0.170. The average Bonchev–Trinajstić information content (AvgIpc) is 2.14. The van der Waals surface area contributed by atoms with Gasteiger partial charge in [0.15, 0.2) is 0 Å². The van der Waals surface area contributed by atoms with E-state index in [2.05, 4.69) is 11.1 Å². The van der Waals surface area contributed by atoms with Gasteiger partial charge < -0.3 is 9.47 Å². The third kappa shape index (κ3) is 13.8. The normalized spacial score (nSPS) is 11.9. The Labute approximate surface area is 91.8 Å². The van der Waals surface area contributed by atoms with Crippen LogP contribution < -0.4 is 0 Å². The van der Waals surface area contributed by atoms with Gasteiger partial charge in [0.1, 0.15) is 0 Å². The largest absolute Gasteiger partial charge is 0.381 e. The zero-order valence-electron chi connectivity index (χ0n) is 9.40. The Morgan fingerprint density at radius 1 is 0.933 bits per heavy atom. The van der Waals surface area contributed by atoms with E-state index >= 15 is 0 Å². The SMILES string of the molecule is CCCOCCCOCCOS(C)(=O)=O. The topological polar surface area (TPSA) is 61.8 Å². The maximum absolute atomic E-state index is 10.5. The van der Waals surface area contributed by atoms with Crippen LogP contribution in [0.25, 0.3) is 0 Å². The van der Waals surface area contributed by atoms with Crippen LogP contribution in [0.5, 0.6) is 0 Å². The molecule has 0 heterocycles. The highest BCUT2D eigenvalue weighted by Crippen LogP contribution is 1.89. The number of rotatable bonds is 10. The molecule has 15 heavy (non-hydrogen) atoms. The molecule has 0 aromatic heterocycles. The molecule has 0 radical (unpaired) electrons. The van der Waals surface area contributed by atoms with E-state index in [0.717, 1.165) is 25.7 Å². The monoisotopic (exact) mass is 240 g/mol. The van der Waals surface area contributed by atoms with Gasteiger partial charge in [-0.1, -0.05) is 6.92 Å². The second kappa shape index (κ2) is 9.08. The first kappa shape index (κ1) is 14.8. The number of hydrogen-bond acceptors (Lipinski definition) is 5. The lowest BCUT2D eigenvalue weighted by Crippen LogP contribution is -2.10. The van der Waals surface area contributed by atoms with Gasteiger partial charge in [-0.15, -0.1) is 0 Å². The summed E-state index contributed by atoms with van der Waals surface area (Å²) in [7, 11) is -3.33. The third-order valence-electron chi connectivity index (χ3n) is 1.45. The van der Waals surface area contributed by atoms with Gasteiger partial charge in [-0.25, -0.2) is 0 Å². The summed E-state index contributed by atoms with van der Waals surface area (Å²) in [5.41, 5.74) is 0. The average molecular weight is 240 g/mol. The molecule has 0 aliphatic rings. The highest BCUT2D eigenvalue weighted by molar-refractivity contribution is 7.85. The Morgan fingerprint density at radius 2 is 1.53 bits per heavy atom. The summed E-state index contributed by atoms with van der Waals surface area (Å²) in [5, 5.41) is 0. The van der Waals surface area contributed by atoms with E-state index in [1.54, 1.807) is 0 Å². The van der Waals surface area contributed by atoms with Crippen LogP contribution >= 0.6 is 0 Å². The lowest BCUT2D eigenvalue weighted by molar-refractivity contribution is 0.0695. The van der Waals surface area contributed by atoms with Crippen LogP contribution in [0.4, 0.5) is 0 Å². The van der Waals surface area contributed by atoms with Crippen molar-refractivity contribution in [2.75, 3.05) is 39.3 Å². The summed E-state index contributed by atoms with van der Waals surface area (Å²) in [5.74, 6) is 0. The predicted octanol–water partition coefficient (Wildman–Crippen LogP) is 0.796. The summed E-state index contributed by atoms with van der Waals surface area (Å²) in [4.78, 5) is 0. The van der Waals surface area contributed by atoms with E-state index in [9.17, 15) is 8.42 Å². The minimum absolute atomic E-state index is 0.0780. The molecule has 0 unspecified atom stereocenters. The van der Waals surface area contributed by atoms with Gasteiger partial charge in [0.05, 0.1) is 19.5 Å². The first-order valence-corrected chi connectivity index (χ1v) is 6.88. The van der Waals surface area contributed by atoms with Gasteiger partial charge in [0.2, 0.25) is 0 Å². The van der Waals surface area contributed by atoms with Gasteiger partial charge >= 0.3 is 0 Å². The van der Waals surface area contributed by atoms with Crippen LogP contribution in [0.3, 0.4) is 0 Å². The number of ether oxygens (including phenoxy) is 2. The van der Waals surface area contributed by atoms with Crippen LogP contribution in [0, 0.1) is 0 Å². The Morgan fingerprint density at radius 3 is 2.07 bits per heavy atom. The standard InChI is InChI=1S/C9H20O5S/c1-3-5-12-6-4-7-13-8-9-14-15(2,10)11/h3-9H2,1-2H3. The molecule has 0 atom stereocenters. The van der Waals surface area contributed by atoms with Crippen molar-refractivity contribution in [2.45, 2.75) is 19.8 Å². The van der Waals surface area contributed by atoms with E-state index in [1.807, 2.05) is 0 Å². The fraction of sp³-hybridized carbons (Fsp3) is 1.00. The van der Waals surface area contributed by atoms with Crippen molar-refractivity contribution in [1.82, 2.24) is 0 Å². The van der Waals surface area contributed by atoms with Crippen molar-refractivity contribution in [3.05, 3.63) is 0 Å². The molecule has 0 aliphatic heterocycles. The Balaban J connectivity index is 3.06. The lowest BCUT2D eigenvalue weighted by Gasteiger charge is -2.04. The highest BCUT2D eigenvalue weighted by atomic mass is 32.2. The van der Waals surface area contributed by atoms with Gasteiger partial charge in [0, 0.05) is 19.8 Å². The second-order valence-electron chi connectivity index (χ2n) is 3.10. The van der Waals surface area contributed by atoms with Crippen LogP contribution in [-0.2, 0) is 23.8 Å². The molecule has 0 N–H and O–H groups in total. The van der Waals surface area contributed by atoms with Gasteiger partial charge in [0.25, 0.3) is 10.1 Å². The van der Waals surface area contributed by atoms with Crippen molar-refractivity contribution in [1.29, 1.82) is 0 Å². The van der Waals surface area contributed by atoms with Crippen LogP contribution in [-0.4, -0.2) is 47.7 Å². The summed E-state index contributed by atoms with van der Waals surface area (Å²) in [6.45, 7) is 4.45. The quantitative estimate of drug-likeness (QED) is 0.417. The first-order chi connectivity index (χ1) is 7.06. The molecule has 0 saturated heterocycles. The molecule has 0 aromatic carbocycles. The molecular weight excluding hydrogens is 220 g/mol. The van der Waals surface area contributed by atoms with E-state index in [1.165, 1.54) is 0 Å². The molecule has 92 valence electrons. The molecule has 0 bridgehead atoms. The highest BCUT2D eigenvalue weighted by Gasteiger charge is 1.99. The fourth-order valence-corrected chi connectivity index (χ4v) is 1.23. The van der Waals surface area contributed by atoms with Crippen molar-refractivity contribution in [3.8, 4) is 0 Å². The third-order valence-corrected chi connectivity index (χ3v) is 2.05. The van der Waals surface area contributed by atoms with E-state index < -0.39 is 10.1 Å². The molecule has 0 aliphatic carbocycles. The summed E-state index contributed by atoms with van der Waals surface area (Å²) < 4.78 is 35.9. The van der Waals surface area contributed by atoms with Crippen LogP contribution in [0.2, 0.25) is 0 Å². The van der Waals surface area contributed by atoms with Crippen LogP contribution in [0.1, 0.15) is 19.8 Å². The van der Waals surface area contributed by atoms with Crippen molar-refractivity contribution < 1.29 is 22.1 Å². The zero-order valence-corrected chi connectivity index (χ0v) is 10.2. The smallest absolute Gasteiger partial charge is 0.264 e. The Kier molecular flexibility index (Phi) is 8.98. The van der Waals surface area contributed by atoms with Gasteiger partial charge in [-0.05, 0) is 12.8 Å². The fourth-order valence-electron chi connectivity index (χ4n) is 0.856. The molecule has 6 heteroatoms. The molecule has 0 fully saturated rings. The van der Waals surface area contributed by atoms with Crippen molar-refractivity contribution in [2.24, 2.45) is 0 Å². The summed E-state index contributed by atoms with van der Waals surface area (Å²) in [6, 6.07) is 0. The second-order valence-corrected chi connectivity index (χ2v) is 4.75.